The van der Waals surface area contributed by atoms with Crippen molar-refractivity contribution in [2.24, 2.45) is 0 Å². The summed E-state index contributed by atoms with van der Waals surface area (Å²) in [5, 5.41) is 32.7. The first-order chi connectivity index (χ1) is 23.2. The lowest BCUT2D eigenvalue weighted by Gasteiger charge is -2.28. The molecule has 49 heavy (non-hydrogen) atoms. The van der Waals surface area contributed by atoms with Gasteiger partial charge in [-0.15, -0.1) is 0 Å². The average Bonchev–Trinajstić information content (AvgIpc) is 3.04. The highest BCUT2D eigenvalue weighted by Gasteiger charge is 2.31. The molecular weight excluding hydrogens is 650 g/mol. The van der Waals surface area contributed by atoms with Crippen molar-refractivity contribution < 1.29 is 56.8 Å². The highest BCUT2D eigenvalue weighted by molar-refractivity contribution is 6.09. The van der Waals surface area contributed by atoms with E-state index in [-0.39, 0.29) is 22.3 Å². The van der Waals surface area contributed by atoms with Gasteiger partial charge < -0.3 is 20.1 Å². The van der Waals surface area contributed by atoms with Gasteiger partial charge in [-0.05, 0) is 67.5 Å². The van der Waals surface area contributed by atoms with Crippen LogP contribution in [-0.2, 0) is 17.6 Å². The molecule has 0 saturated carbocycles. The van der Waals surface area contributed by atoms with Crippen LogP contribution in [-0.4, -0.2) is 56.8 Å². The second-order valence-electron chi connectivity index (χ2n) is 11.1. The number of Topliss-reactive ketones (excluding diaryl/α,β-unsaturated/α-hetero) is 2. The van der Waals surface area contributed by atoms with Gasteiger partial charge in [-0.2, -0.15) is 0 Å². The Morgan fingerprint density at radius 3 is 1.71 bits per heavy atom. The van der Waals surface area contributed by atoms with Gasteiger partial charge in [0.1, 0.15) is 51.6 Å². The molecule has 0 amide bonds. The van der Waals surface area contributed by atoms with E-state index in [1.165, 1.54) is 0 Å². The molecule has 1 unspecified atom stereocenters. The topological polar surface area (TPSA) is 141 Å². The van der Waals surface area contributed by atoms with Gasteiger partial charge in [0.15, 0.2) is 11.6 Å². The number of phenols is 3. The van der Waals surface area contributed by atoms with Crippen LogP contribution in [0.15, 0.2) is 60.7 Å². The lowest BCUT2D eigenvalue weighted by molar-refractivity contribution is 0.0394. The van der Waals surface area contributed by atoms with E-state index in [4.69, 9.17) is 4.74 Å². The Kier molecular flexibility index (Phi) is 11.2. The van der Waals surface area contributed by atoms with Crippen molar-refractivity contribution in [2.75, 3.05) is 13.1 Å². The number of esters is 2. The number of hydrogen-bond donors (Lipinski definition) is 3. The summed E-state index contributed by atoms with van der Waals surface area (Å²) in [5.74, 6) is -10.6. The van der Waals surface area contributed by atoms with E-state index >= 15 is 0 Å². The van der Waals surface area contributed by atoms with E-state index < -0.39 is 99.6 Å². The van der Waals surface area contributed by atoms with E-state index in [1.54, 1.807) is 25.7 Å². The Morgan fingerprint density at radius 2 is 1.18 bits per heavy atom. The Balaban J connectivity index is 1.69. The van der Waals surface area contributed by atoms with Crippen LogP contribution >= 0.6 is 0 Å². The Hall–Kier alpha value is -5.56. The van der Waals surface area contributed by atoms with Gasteiger partial charge in [0.2, 0.25) is 0 Å². The first-order valence-electron chi connectivity index (χ1n) is 15.0. The molecule has 1 atom stereocenters. The molecular formula is C36H31F4NO8. The highest BCUT2D eigenvalue weighted by atomic mass is 19.1. The highest BCUT2D eigenvalue weighted by Crippen LogP contribution is 2.41. The largest absolute Gasteiger partial charge is 0.507 e. The first-order valence-corrected chi connectivity index (χ1v) is 15.0. The molecule has 0 saturated heterocycles. The molecule has 256 valence electrons. The van der Waals surface area contributed by atoms with Gasteiger partial charge in [-0.25, -0.2) is 27.2 Å². The van der Waals surface area contributed by atoms with Crippen molar-refractivity contribution >= 4 is 23.5 Å². The number of hydrogen-bond acceptors (Lipinski definition) is 9. The van der Waals surface area contributed by atoms with Crippen LogP contribution in [0.5, 0.6) is 17.2 Å². The number of benzene rings is 4. The van der Waals surface area contributed by atoms with Gasteiger partial charge in [0, 0.05) is 36.6 Å². The number of phenolic OH excluding ortho intramolecular Hbond substituents is 3. The summed E-state index contributed by atoms with van der Waals surface area (Å²) in [6.45, 7) is 5.98. The normalized spacial score (nSPS) is 11.8. The van der Waals surface area contributed by atoms with E-state index in [2.05, 4.69) is 0 Å². The van der Waals surface area contributed by atoms with Crippen LogP contribution in [0.4, 0.5) is 17.6 Å². The van der Waals surface area contributed by atoms with Crippen LogP contribution in [0.2, 0.25) is 0 Å². The number of nitrogens with zero attached hydrogens (tertiary/aromatic N) is 1. The maximum atomic E-state index is 14.4. The molecule has 0 radical (unpaired) electrons. The quantitative estimate of drug-likeness (QED) is 0.0652. The monoisotopic (exact) mass is 681 g/mol. The number of aromatic hydroxyl groups is 3. The first kappa shape index (κ1) is 36.3. The predicted octanol–water partition coefficient (Wildman–Crippen LogP) is 6.61. The third-order valence-corrected chi connectivity index (χ3v) is 8.06. The minimum absolute atomic E-state index is 0.135. The molecule has 3 N–H and O–H groups in total. The molecule has 0 fully saturated rings. The summed E-state index contributed by atoms with van der Waals surface area (Å²) in [6.07, 6.45) is -1.20. The summed E-state index contributed by atoms with van der Waals surface area (Å²) >= 11 is 0. The van der Waals surface area contributed by atoms with Crippen LogP contribution in [0.1, 0.15) is 84.9 Å². The van der Waals surface area contributed by atoms with Gasteiger partial charge >= 0.3 is 11.9 Å². The van der Waals surface area contributed by atoms with Crippen LogP contribution in [0.25, 0.3) is 0 Å². The van der Waals surface area contributed by atoms with E-state index in [9.17, 15) is 52.1 Å². The summed E-state index contributed by atoms with van der Waals surface area (Å²) in [5.41, 5.74) is -2.73. The number of rotatable bonds is 12. The van der Waals surface area contributed by atoms with Crippen molar-refractivity contribution in [1.82, 2.24) is 4.90 Å². The molecule has 0 aliphatic rings. The van der Waals surface area contributed by atoms with E-state index in [1.807, 2.05) is 0 Å². The Morgan fingerprint density at radius 1 is 0.673 bits per heavy atom. The molecule has 4 aromatic rings. The fourth-order valence-electron chi connectivity index (χ4n) is 5.34. The second kappa shape index (κ2) is 15.1. The summed E-state index contributed by atoms with van der Waals surface area (Å²) < 4.78 is 60.1. The van der Waals surface area contributed by atoms with Crippen molar-refractivity contribution in [3.05, 3.63) is 123 Å². The fourth-order valence-corrected chi connectivity index (χ4v) is 5.34. The van der Waals surface area contributed by atoms with Gasteiger partial charge in [-0.3, -0.25) is 14.5 Å². The predicted molar refractivity (Wildman–Crippen MR) is 168 cm³/mol. The zero-order chi connectivity index (χ0) is 36.2. The van der Waals surface area contributed by atoms with Crippen molar-refractivity contribution in [3.63, 3.8) is 0 Å². The maximum Gasteiger partial charge on any atom is 0.349 e. The molecule has 13 heteroatoms. The molecule has 9 nitrogen and oxygen atoms in total. The van der Waals surface area contributed by atoms with Crippen molar-refractivity contribution in [2.45, 2.75) is 39.7 Å². The lowest BCUT2D eigenvalue weighted by atomic mass is 9.92. The van der Waals surface area contributed by atoms with Gasteiger partial charge in [-0.1, -0.05) is 26.0 Å². The number of ketones is 2. The van der Waals surface area contributed by atoms with Crippen LogP contribution < -0.4 is 0 Å². The van der Waals surface area contributed by atoms with Crippen molar-refractivity contribution in [1.29, 1.82) is 0 Å². The number of ether oxygens (including phenoxy) is 1. The van der Waals surface area contributed by atoms with Crippen molar-refractivity contribution in [3.8, 4) is 17.2 Å². The molecule has 4 rings (SSSR count). The SMILES string of the molecule is CCN(CC)C(C)c1c(O)c(C(=O)Cc2ccc(F)cc2F)cc(C(=O)OC(=O)c2cc(C(=O)Cc3ccc(F)cc3F)ccc2O)c1O. The average molecular weight is 682 g/mol. The maximum absolute atomic E-state index is 14.4. The van der Waals surface area contributed by atoms with Gasteiger partial charge in [0.05, 0.1) is 11.1 Å². The zero-order valence-electron chi connectivity index (χ0n) is 26.5. The molecule has 0 spiro atoms. The molecule has 0 aromatic heterocycles. The number of carbonyl (C=O) groups is 4. The minimum atomic E-state index is -1.51. The minimum Gasteiger partial charge on any atom is -0.507 e. The van der Waals surface area contributed by atoms with E-state index in [0.29, 0.717) is 25.2 Å². The summed E-state index contributed by atoms with van der Waals surface area (Å²) in [6, 6.07) is 8.13. The Labute approximate surface area is 278 Å². The zero-order valence-corrected chi connectivity index (χ0v) is 26.5. The third-order valence-electron chi connectivity index (χ3n) is 8.06. The van der Waals surface area contributed by atoms with Crippen LogP contribution in [0, 0.1) is 23.3 Å². The fraction of sp³-hybridized carbons (Fsp3) is 0.222. The van der Waals surface area contributed by atoms with Gasteiger partial charge in [0.25, 0.3) is 0 Å². The summed E-state index contributed by atoms with van der Waals surface area (Å²) in [7, 11) is 0. The number of halogens is 4. The number of carbonyl (C=O) groups excluding carboxylic acids is 4. The summed E-state index contributed by atoms with van der Waals surface area (Å²) in [4.78, 5) is 54.4. The molecule has 0 heterocycles. The Bertz CT molecular complexity index is 1960. The lowest BCUT2D eigenvalue weighted by Crippen LogP contribution is -2.27. The second-order valence-corrected chi connectivity index (χ2v) is 11.1. The third kappa shape index (κ3) is 7.95. The van der Waals surface area contributed by atoms with E-state index in [0.717, 1.165) is 48.5 Å². The standard InChI is InChI=1S/C36H31F4NO8/c1-4-41(5-2)18(3)32-33(45)24(31(44)14-20-7-10-23(38)16-28(20)40)17-26(34(32)46)36(48)49-35(47)25-12-21(8-11-29(25)42)30(43)13-19-6-9-22(37)15-27(19)39/h6-12,15-18,42,45-46H,4-5,13-14H2,1-3H3. The molecule has 0 bridgehead atoms. The molecule has 4 aromatic carbocycles. The smallest absolute Gasteiger partial charge is 0.349 e. The molecule has 0 aliphatic carbocycles. The molecule has 0 aliphatic heterocycles. The van der Waals surface area contributed by atoms with Crippen LogP contribution in [0.3, 0.4) is 0 Å².